The molecule has 1 aromatic carbocycles. The molecule has 2 saturated heterocycles. The van der Waals surface area contributed by atoms with E-state index in [0.717, 1.165) is 71.7 Å². The third-order valence-corrected chi connectivity index (χ3v) is 6.79. The number of aliphatic imine (C=N–C) groups is 1. The van der Waals surface area contributed by atoms with Crippen molar-refractivity contribution in [3.05, 3.63) is 52.2 Å². The molecule has 1 aromatic heterocycles. The normalized spacial score (nSPS) is 19.3. The first kappa shape index (κ1) is 22.1. The minimum atomic E-state index is 0.329. The van der Waals surface area contributed by atoms with Gasteiger partial charge in [-0.25, -0.2) is 0 Å². The number of hydrogen-bond donors (Lipinski definition) is 2. The molecule has 3 heterocycles. The van der Waals surface area contributed by atoms with Crippen molar-refractivity contribution >= 4 is 23.0 Å². The molecule has 31 heavy (non-hydrogen) atoms. The number of benzene rings is 1. The third-order valence-electron chi connectivity index (χ3n) is 5.82. The fraction of sp³-hybridized carbons (Fsp3) is 0.522. The second-order valence-corrected chi connectivity index (χ2v) is 8.73. The summed E-state index contributed by atoms with van der Waals surface area (Å²) in [5, 5.41) is 9.13. The highest BCUT2D eigenvalue weighted by molar-refractivity contribution is 7.10. The van der Waals surface area contributed by atoms with Gasteiger partial charge in [-0.05, 0) is 29.1 Å². The summed E-state index contributed by atoms with van der Waals surface area (Å²) in [7, 11) is 1.83. The largest absolute Gasteiger partial charge is 0.379 e. The van der Waals surface area contributed by atoms with Crippen LogP contribution in [0.2, 0.25) is 0 Å². The number of hydrogen-bond acceptors (Lipinski definition) is 6. The Kier molecular flexibility index (Phi) is 8.17. The summed E-state index contributed by atoms with van der Waals surface area (Å²) in [5.41, 5.74) is 2.50. The third kappa shape index (κ3) is 6.20. The number of thiophene rings is 1. The van der Waals surface area contributed by atoms with Crippen LogP contribution in [-0.2, 0) is 16.0 Å². The Labute approximate surface area is 189 Å². The fourth-order valence-electron chi connectivity index (χ4n) is 4.03. The second kappa shape index (κ2) is 11.5. The summed E-state index contributed by atoms with van der Waals surface area (Å²) in [6.45, 7) is 8.62. The predicted molar refractivity (Wildman–Crippen MR) is 127 cm³/mol. The van der Waals surface area contributed by atoms with E-state index in [1.165, 1.54) is 16.1 Å². The van der Waals surface area contributed by atoms with Crippen LogP contribution in [0.15, 0.2) is 46.8 Å². The highest BCUT2D eigenvalue weighted by Crippen LogP contribution is 2.25. The molecule has 0 bridgehead atoms. The molecule has 0 saturated carbocycles. The Hall–Kier alpha value is -2.13. The van der Waals surface area contributed by atoms with Gasteiger partial charge in [0.25, 0.3) is 0 Å². The number of nitrogens with one attached hydrogen (secondary N) is 2. The molecule has 0 amide bonds. The predicted octanol–water partition coefficient (Wildman–Crippen LogP) is 2.32. The van der Waals surface area contributed by atoms with Crippen LogP contribution in [0.4, 0.5) is 5.69 Å². The van der Waals surface area contributed by atoms with Gasteiger partial charge in [-0.3, -0.25) is 9.89 Å². The lowest BCUT2D eigenvalue weighted by Crippen LogP contribution is -2.46. The smallest absolute Gasteiger partial charge is 0.191 e. The zero-order chi connectivity index (χ0) is 21.3. The van der Waals surface area contributed by atoms with Crippen molar-refractivity contribution in [2.75, 3.05) is 71.1 Å². The van der Waals surface area contributed by atoms with Crippen molar-refractivity contribution in [1.82, 2.24) is 15.5 Å². The number of morpholine rings is 2. The van der Waals surface area contributed by atoms with Crippen molar-refractivity contribution in [2.24, 2.45) is 4.99 Å². The molecule has 2 aromatic rings. The summed E-state index contributed by atoms with van der Waals surface area (Å²) in [6.07, 6.45) is 0. The maximum Gasteiger partial charge on any atom is 0.191 e. The van der Waals surface area contributed by atoms with E-state index in [4.69, 9.17) is 9.47 Å². The first-order valence-electron chi connectivity index (χ1n) is 11.0. The van der Waals surface area contributed by atoms with Gasteiger partial charge in [-0.1, -0.05) is 18.2 Å². The molecule has 2 aliphatic rings. The van der Waals surface area contributed by atoms with Gasteiger partial charge in [0.1, 0.15) is 0 Å². The van der Waals surface area contributed by atoms with E-state index >= 15 is 0 Å². The van der Waals surface area contributed by atoms with E-state index in [0.29, 0.717) is 6.04 Å². The molecule has 8 heteroatoms. The van der Waals surface area contributed by atoms with Gasteiger partial charge in [0.15, 0.2) is 5.96 Å². The molecule has 2 aliphatic heterocycles. The zero-order valence-electron chi connectivity index (χ0n) is 18.3. The van der Waals surface area contributed by atoms with Crippen molar-refractivity contribution in [3.8, 4) is 0 Å². The number of ether oxygens (including phenoxy) is 2. The van der Waals surface area contributed by atoms with Crippen LogP contribution < -0.4 is 15.5 Å². The Bertz CT molecular complexity index is 800. The zero-order valence-corrected chi connectivity index (χ0v) is 19.1. The van der Waals surface area contributed by atoms with Crippen LogP contribution in [0.1, 0.15) is 16.5 Å². The van der Waals surface area contributed by atoms with E-state index in [-0.39, 0.29) is 0 Å². The summed E-state index contributed by atoms with van der Waals surface area (Å²) < 4.78 is 11.0. The molecular formula is C23H33N5O2S. The summed E-state index contributed by atoms with van der Waals surface area (Å²) in [5.74, 6) is 0.826. The van der Waals surface area contributed by atoms with E-state index in [1.54, 1.807) is 0 Å². The topological polar surface area (TPSA) is 61.4 Å². The van der Waals surface area contributed by atoms with Crippen molar-refractivity contribution in [1.29, 1.82) is 0 Å². The molecule has 0 aliphatic carbocycles. The number of nitrogens with zero attached hydrogens (tertiary/aromatic N) is 3. The molecule has 2 fully saturated rings. The van der Waals surface area contributed by atoms with E-state index in [9.17, 15) is 0 Å². The molecular weight excluding hydrogens is 410 g/mol. The molecule has 0 radical (unpaired) electrons. The molecule has 0 spiro atoms. The van der Waals surface area contributed by atoms with Crippen LogP contribution in [-0.4, -0.2) is 77.1 Å². The molecule has 7 nitrogen and oxygen atoms in total. The highest BCUT2D eigenvalue weighted by atomic mass is 32.1. The van der Waals surface area contributed by atoms with Crippen LogP contribution in [0.25, 0.3) is 0 Å². The van der Waals surface area contributed by atoms with Crippen LogP contribution in [0.3, 0.4) is 0 Å². The van der Waals surface area contributed by atoms with Gasteiger partial charge in [0.05, 0.1) is 32.5 Å². The van der Waals surface area contributed by atoms with Crippen LogP contribution >= 0.6 is 11.3 Å². The number of rotatable bonds is 7. The monoisotopic (exact) mass is 443 g/mol. The lowest BCUT2D eigenvalue weighted by molar-refractivity contribution is 0.0177. The van der Waals surface area contributed by atoms with Gasteiger partial charge in [-0.15, -0.1) is 11.3 Å². The van der Waals surface area contributed by atoms with Crippen molar-refractivity contribution < 1.29 is 9.47 Å². The SMILES string of the molecule is CN=C(NCc1ccc(N2CCOCC2)cc1)NCC(c1cccs1)N1CCOCC1. The molecule has 4 rings (SSSR count). The Morgan fingerprint density at radius 1 is 1.00 bits per heavy atom. The van der Waals surface area contributed by atoms with Gasteiger partial charge < -0.3 is 25.0 Å². The highest BCUT2D eigenvalue weighted by Gasteiger charge is 2.23. The van der Waals surface area contributed by atoms with Gasteiger partial charge in [0.2, 0.25) is 0 Å². The van der Waals surface area contributed by atoms with Gasteiger partial charge in [-0.2, -0.15) is 0 Å². The lowest BCUT2D eigenvalue weighted by atomic mass is 10.2. The van der Waals surface area contributed by atoms with Crippen molar-refractivity contribution in [2.45, 2.75) is 12.6 Å². The number of anilines is 1. The first-order valence-corrected chi connectivity index (χ1v) is 11.9. The average molecular weight is 444 g/mol. The molecule has 1 unspecified atom stereocenters. The average Bonchev–Trinajstić information content (AvgIpc) is 3.37. The van der Waals surface area contributed by atoms with Crippen molar-refractivity contribution in [3.63, 3.8) is 0 Å². The quantitative estimate of drug-likeness (QED) is 0.506. The van der Waals surface area contributed by atoms with E-state index in [1.807, 2.05) is 18.4 Å². The minimum absolute atomic E-state index is 0.329. The van der Waals surface area contributed by atoms with E-state index in [2.05, 4.69) is 67.2 Å². The molecule has 168 valence electrons. The maximum absolute atomic E-state index is 5.54. The number of guanidine groups is 1. The summed E-state index contributed by atoms with van der Waals surface area (Å²) in [6, 6.07) is 13.4. The van der Waals surface area contributed by atoms with Crippen LogP contribution in [0, 0.1) is 0 Å². The minimum Gasteiger partial charge on any atom is -0.379 e. The molecule has 1 atom stereocenters. The van der Waals surface area contributed by atoms with E-state index < -0.39 is 0 Å². The lowest BCUT2D eigenvalue weighted by Gasteiger charge is -2.34. The first-order chi connectivity index (χ1) is 15.3. The summed E-state index contributed by atoms with van der Waals surface area (Å²) in [4.78, 5) is 10.7. The fourth-order valence-corrected chi connectivity index (χ4v) is 4.89. The Balaban J connectivity index is 1.29. The summed E-state index contributed by atoms with van der Waals surface area (Å²) >= 11 is 1.81. The molecule has 2 N–H and O–H groups in total. The van der Waals surface area contributed by atoms with Gasteiger partial charge in [0, 0.05) is 56.9 Å². The standard InChI is InChI=1S/C23H33N5O2S/c1-24-23(25-17-19-4-6-20(7-5-19)27-8-12-29-13-9-27)26-18-21(22-3-2-16-31-22)28-10-14-30-15-11-28/h2-7,16,21H,8-15,17-18H2,1H3,(H2,24,25,26). The second-order valence-electron chi connectivity index (χ2n) is 7.75. The maximum atomic E-state index is 5.54. The Morgan fingerprint density at radius 3 is 2.35 bits per heavy atom. The van der Waals surface area contributed by atoms with Crippen LogP contribution in [0.5, 0.6) is 0 Å². The van der Waals surface area contributed by atoms with Gasteiger partial charge >= 0.3 is 0 Å². The Morgan fingerprint density at radius 2 is 1.71 bits per heavy atom.